The molecule has 1 aromatic heterocycles. The smallest absolute Gasteiger partial charge is 0.251 e. The van der Waals surface area contributed by atoms with E-state index < -0.39 is 0 Å². The quantitative estimate of drug-likeness (QED) is 0.823. The summed E-state index contributed by atoms with van der Waals surface area (Å²) in [5.41, 5.74) is 1.10. The fourth-order valence-corrected chi connectivity index (χ4v) is 3.37. The third-order valence-electron chi connectivity index (χ3n) is 4.79. The first-order chi connectivity index (χ1) is 13.1. The van der Waals surface area contributed by atoms with Crippen LogP contribution in [0.15, 0.2) is 29.1 Å². The predicted octanol–water partition coefficient (Wildman–Crippen LogP) is 1.36. The summed E-state index contributed by atoms with van der Waals surface area (Å²) >= 11 is 0. The summed E-state index contributed by atoms with van der Waals surface area (Å²) in [4.78, 5) is 31.3. The number of benzene rings is 1. The van der Waals surface area contributed by atoms with Crippen molar-refractivity contribution in [3.05, 3.63) is 51.7 Å². The highest BCUT2D eigenvalue weighted by atomic mass is 16.6. The Morgan fingerprint density at radius 1 is 1.26 bits per heavy atom. The van der Waals surface area contributed by atoms with Crippen molar-refractivity contribution < 1.29 is 19.0 Å². The number of nitrogens with zero attached hydrogens (tertiary/aromatic N) is 1. The Kier molecular flexibility index (Phi) is 4.81. The Balaban J connectivity index is 1.36. The zero-order valence-electron chi connectivity index (χ0n) is 15.0. The fourth-order valence-electron chi connectivity index (χ4n) is 3.37. The summed E-state index contributed by atoms with van der Waals surface area (Å²) in [5, 5.41) is 3.02. The van der Waals surface area contributed by atoms with Crippen LogP contribution in [0.4, 0.5) is 0 Å². The summed E-state index contributed by atoms with van der Waals surface area (Å²) in [6, 6.07) is 6.76. The van der Waals surface area contributed by atoms with Crippen LogP contribution in [-0.2, 0) is 11.3 Å². The van der Waals surface area contributed by atoms with Crippen molar-refractivity contribution in [2.24, 2.45) is 0 Å². The van der Waals surface area contributed by atoms with Crippen molar-refractivity contribution in [2.45, 2.75) is 31.4 Å². The maximum atomic E-state index is 12.5. The fraction of sp³-hybridized carbons (Fsp3) is 0.421. The van der Waals surface area contributed by atoms with Gasteiger partial charge in [-0.2, -0.15) is 0 Å². The van der Waals surface area contributed by atoms with E-state index in [1.165, 1.54) is 6.07 Å². The molecule has 0 unspecified atom stereocenters. The molecule has 2 aliphatic rings. The van der Waals surface area contributed by atoms with E-state index in [2.05, 4.69) is 15.3 Å². The molecule has 0 atom stereocenters. The number of H-pyrrole nitrogens is 1. The van der Waals surface area contributed by atoms with Crippen LogP contribution in [0.2, 0.25) is 0 Å². The Labute approximate surface area is 155 Å². The van der Waals surface area contributed by atoms with E-state index in [-0.39, 0.29) is 30.0 Å². The van der Waals surface area contributed by atoms with Gasteiger partial charge in [0.2, 0.25) is 0 Å². The normalized spacial score (nSPS) is 20.6. The Morgan fingerprint density at radius 3 is 2.81 bits per heavy atom. The van der Waals surface area contributed by atoms with Gasteiger partial charge in [-0.15, -0.1) is 0 Å². The molecule has 8 nitrogen and oxygen atoms in total. The van der Waals surface area contributed by atoms with E-state index in [1.54, 1.807) is 25.3 Å². The Morgan fingerprint density at radius 2 is 2.04 bits per heavy atom. The van der Waals surface area contributed by atoms with Gasteiger partial charge >= 0.3 is 0 Å². The topological polar surface area (TPSA) is 103 Å². The van der Waals surface area contributed by atoms with Crippen molar-refractivity contribution in [1.82, 2.24) is 15.3 Å². The molecular formula is C19H21N3O5. The first-order valence-corrected chi connectivity index (χ1v) is 8.92. The number of aromatic amines is 1. The SMILES string of the molecule is COCc1nc(C2CC(NC(=O)c3ccc4c(c3)OCCO4)C2)cc(=O)[nH]1. The standard InChI is InChI=1S/C19H21N3O5/c1-25-10-17-21-14(9-18(23)22-17)12-6-13(7-12)20-19(24)11-2-3-15-16(8-11)27-5-4-26-15/h2-3,8-9,12-13H,4-7,10H2,1H3,(H,20,24)(H,21,22,23). The first kappa shape index (κ1) is 17.5. The number of rotatable bonds is 5. The van der Waals surface area contributed by atoms with Crippen LogP contribution in [0.5, 0.6) is 11.5 Å². The maximum absolute atomic E-state index is 12.5. The molecular weight excluding hydrogens is 350 g/mol. The van der Waals surface area contributed by atoms with Gasteiger partial charge in [0.05, 0.1) is 5.69 Å². The Hall–Kier alpha value is -2.87. The second-order valence-corrected chi connectivity index (χ2v) is 6.75. The van der Waals surface area contributed by atoms with Gasteiger partial charge in [0.25, 0.3) is 11.5 Å². The number of carbonyl (C=O) groups is 1. The lowest BCUT2D eigenvalue weighted by Crippen LogP contribution is -2.43. The number of nitrogens with one attached hydrogen (secondary N) is 2. The third-order valence-corrected chi connectivity index (χ3v) is 4.79. The maximum Gasteiger partial charge on any atom is 0.251 e. The average molecular weight is 371 g/mol. The molecule has 2 heterocycles. The highest BCUT2D eigenvalue weighted by Gasteiger charge is 2.33. The molecule has 1 fully saturated rings. The van der Waals surface area contributed by atoms with Crippen LogP contribution < -0.4 is 20.3 Å². The number of fused-ring (bicyclic) bond motifs is 1. The van der Waals surface area contributed by atoms with Crippen LogP contribution in [0.3, 0.4) is 0 Å². The minimum Gasteiger partial charge on any atom is -0.486 e. The third kappa shape index (κ3) is 3.80. The zero-order chi connectivity index (χ0) is 18.8. The minimum atomic E-state index is -0.184. The van der Waals surface area contributed by atoms with Crippen LogP contribution in [0.1, 0.15) is 40.6 Å². The molecule has 0 radical (unpaired) electrons. The molecule has 1 saturated carbocycles. The van der Waals surface area contributed by atoms with Crippen molar-refractivity contribution in [2.75, 3.05) is 20.3 Å². The summed E-state index contributed by atoms with van der Waals surface area (Å²) < 4.78 is 16.0. The van der Waals surface area contributed by atoms with Gasteiger partial charge in [0.15, 0.2) is 11.5 Å². The summed E-state index contributed by atoms with van der Waals surface area (Å²) in [7, 11) is 1.56. The molecule has 0 saturated heterocycles. The molecule has 0 bridgehead atoms. The van der Waals surface area contributed by atoms with E-state index >= 15 is 0 Å². The number of aromatic nitrogens is 2. The molecule has 1 amide bonds. The van der Waals surface area contributed by atoms with Gasteiger partial charge in [0.1, 0.15) is 25.6 Å². The first-order valence-electron chi connectivity index (χ1n) is 8.92. The number of carbonyl (C=O) groups excluding carboxylic acids is 1. The predicted molar refractivity (Wildman–Crippen MR) is 96.2 cm³/mol. The lowest BCUT2D eigenvalue weighted by atomic mass is 9.78. The second-order valence-electron chi connectivity index (χ2n) is 6.75. The lowest BCUT2D eigenvalue weighted by Gasteiger charge is -2.35. The number of methoxy groups -OCH3 is 1. The minimum absolute atomic E-state index is 0.0580. The van der Waals surface area contributed by atoms with Gasteiger partial charge in [-0.1, -0.05) is 0 Å². The largest absolute Gasteiger partial charge is 0.486 e. The van der Waals surface area contributed by atoms with Crippen LogP contribution in [0, 0.1) is 0 Å². The molecule has 1 aliphatic carbocycles. The van der Waals surface area contributed by atoms with Gasteiger partial charge < -0.3 is 24.5 Å². The van der Waals surface area contributed by atoms with Crippen LogP contribution in [-0.4, -0.2) is 42.2 Å². The molecule has 8 heteroatoms. The van der Waals surface area contributed by atoms with Crippen molar-refractivity contribution in [3.8, 4) is 11.5 Å². The van der Waals surface area contributed by atoms with E-state index in [0.717, 1.165) is 18.5 Å². The highest BCUT2D eigenvalue weighted by molar-refractivity contribution is 5.95. The summed E-state index contributed by atoms with van der Waals surface area (Å²) in [6.45, 7) is 1.27. The van der Waals surface area contributed by atoms with E-state index in [4.69, 9.17) is 14.2 Å². The number of hydrogen-bond acceptors (Lipinski definition) is 6. The molecule has 2 N–H and O–H groups in total. The monoisotopic (exact) mass is 371 g/mol. The summed E-state index contributed by atoms with van der Waals surface area (Å²) in [5.74, 6) is 1.79. The Bertz CT molecular complexity index is 904. The molecule has 142 valence electrons. The van der Waals surface area contributed by atoms with Crippen LogP contribution in [0.25, 0.3) is 0 Å². The van der Waals surface area contributed by atoms with Crippen molar-refractivity contribution >= 4 is 5.91 Å². The number of amides is 1. The number of hydrogen-bond donors (Lipinski definition) is 2. The molecule has 4 rings (SSSR count). The van der Waals surface area contributed by atoms with E-state index in [9.17, 15) is 9.59 Å². The average Bonchev–Trinajstić information content (AvgIpc) is 2.63. The molecule has 27 heavy (non-hydrogen) atoms. The van der Waals surface area contributed by atoms with Gasteiger partial charge in [-0.05, 0) is 31.0 Å². The van der Waals surface area contributed by atoms with E-state index in [1.807, 2.05) is 0 Å². The van der Waals surface area contributed by atoms with Crippen molar-refractivity contribution in [1.29, 1.82) is 0 Å². The highest BCUT2D eigenvalue weighted by Crippen LogP contribution is 2.36. The van der Waals surface area contributed by atoms with Gasteiger partial charge in [0, 0.05) is 30.7 Å². The second kappa shape index (κ2) is 7.40. The lowest BCUT2D eigenvalue weighted by molar-refractivity contribution is 0.0906. The zero-order valence-corrected chi connectivity index (χ0v) is 15.0. The van der Waals surface area contributed by atoms with E-state index in [0.29, 0.717) is 36.1 Å². The van der Waals surface area contributed by atoms with Gasteiger partial charge in [-0.25, -0.2) is 4.98 Å². The van der Waals surface area contributed by atoms with Crippen molar-refractivity contribution in [3.63, 3.8) is 0 Å². The molecule has 1 aliphatic heterocycles. The molecule has 0 spiro atoms. The summed E-state index contributed by atoms with van der Waals surface area (Å²) in [6.07, 6.45) is 1.50. The van der Waals surface area contributed by atoms with Crippen LogP contribution >= 0.6 is 0 Å². The molecule has 1 aromatic carbocycles. The number of ether oxygens (including phenoxy) is 3. The van der Waals surface area contributed by atoms with Gasteiger partial charge in [-0.3, -0.25) is 9.59 Å². The molecule has 2 aromatic rings.